The molecule has 5 heterocycles. The van der Waals surface area contributed by atoms with Crippen LogP contribution in [0, 0.1) is 5.41 Å². The van der Waals surface area contributed by atoms with Crippen LogP contribution >= 0.6 is 0 Å². The van der Waals surface area contributed by atoms with E-state index in [1.165, 1.54) is 4.90 Å². The average Bonchev–Trinajstić information content (AvgIpc) is 3.68. The molecule has 1 saturated carbocycles. The van der Waals surface area contributed by atoms with Crippen LogP contribution in [0.25, 0.3) is 11.3 Å². The number of nitrogens with zero attached hydrogens (tertiary/aromatic N) is 7. The number of esters is 1. The minimum atomic E-state index is -1.36. The van der Waals surface area contributed by atoms with Gasteiger partial charge < -0.3 is 65.2 Å². The lowest BCUT2D eigenvalue weighted by atomic mass is 9.68. The van der Waals surface area contributed by atoms with Gasteiger partial charge in [-0.25, -0.2) is 19.4 Å². The number of carbonyl (C=O) groups excluding carboxylic acids is 5. The van der Waals surface area contributed by atoms with Crippen LogP contribution in [-0.4, -0.2) is 163 Å². The maximum Gasteiger partial charge on any atom is 0.413 e. The highest BCUT2D eigenvalue weighted by Gasteiger charge is 2.53. The average molecular weight is 1070 g/mol. The molecule has 4 atom stereocenters. The number of amides is 6. The standard InChI is InChI=1S/C53H68N12O12/c1-4-74-49(68)53(19-8-20-53)48(67)58-41(10-7-21-56-50(54)69)47(66)57-36-14-12-35(13-15-36)32-76-51(70)59-46-43(28-42(60-61-46)40-9-5-6-11-44(40)77-33-73-3)64-30-38-16-17-39(31-64)65(38)37-18-22-55-45(27-37)75-26-25-62-23-24-63(52(71)72)29-34(62)2/h5-6,9,11-15,18,22,27-28,34,38-39,41H,4,7-8,10,16-17,19-21,23-26,29-33H2,1-3H3,(H,57,66)(H,58,67)(H,71,72)(H3,54,56,69)(H,59,61,70)/t34-,38?,39?,41+/m1/s1. The molecule has 412 valence electrons. The van der Waals surface area contributed by atoms with Crippen LogP contribution in [0.3, 0.4) is 0 Å². The molecule has 8 rings (SSSR count). The predicted octanol–water partition coefficient (Wildman–Crippen LogP) is 4.80. The number of rotatable bonds is 23. The Morgan fingerprint density at radius 3 is 2.36 bits per heavy atom. The Labute approximate surface area is 446 Å². The topological polar surface area (TPSA) is 295 Å². The van der Waals surface area contributed by atoms with Gasteiger partial charge in [0.1, 0.15) is 30.4 Å². The number of carboxylic acid groups (broad SMARTS) is 1. The minimum Gasteiger partial charge on any atom is -0.476 e. The van der Waals surface area contributed by atoms with Gasteiger partial charge in [0.25, 0.3) is 0 Å². The van der Waals surface area contributed by atoms with E-state index in [0.29, 0.717) is 111 Å². The maximum absolute atomic E-state index is 13.6. The van der Waals surface area contributed by atoms with Gasteiger partial charge in [-0.15, -0.1) is 10.2 Å². The summed E-state index contributed by atoms with van der Waals surface area (Å²) >= 11 is 0. The van der Waals surface area contributed by atoms with Gasteiger partial charge in [-0.3, -0.25) is 24.6 Å². The fourth-order valence-electron chi connectivity index (χ4n) is 10.3. The van der Waals surface area contributed by atoms with Crippen molar-refractivity contribution in [2.45, 2.75) is 89.6 Å². The number of ether oxygens (including phenoxy) is 5. The Kier molecular flexibility index (Phi) is 18.4. The number of pyridine rings is 1. The number of urea groups is 1. The molecule has 4 aromatic rings. The van der Waals surface area contributed by atoms with E-state index in [1.807, 2.05) is 49.4 Å². The molecular formula is C53H68N12O12. The minimum absolute atomic E-state index is 0.0255. The Hall–Kier alpha value is -7.99. The zero-order valence-corrected chi connectivity index (χ0v) is 43.6. The number of aromatic nitrogens is 3. The Morgan fingerprint density at radius 2 is 1.68 bits per heavy atom. The second-order valence-electron chi connectivity index (χ2n) is 19.5. The first-order valence-corrected chi connectivity index (χ1v) is 26.0. The monoisotopic (exact) mass is 1060 g/mol. The highest BCUT2D eigenvalue weighted by molar-refractivity contribution is 6.06. The summed E-state index contributed by atoms with van der Waals surface area (Å²) in [4.78, 5) is 89.1. The smallest absolute Gasteiger partial charge is 0.413 e. The van der Waals surface area contributed by atoms with E-state index < -0.39 is 47.5 Å². The van der Waals surface area contributed by atoms with Gasteiger partial charge in [-0.1, -0.05) is 30.7 Å². The SMILES string of the molecule is CCOC(=O)C1(C(=O)N[C@@H](CCCNC(N)=O)C(=O)Nc2ccc(COC(=O)Nc3nnc(-c4ccccc4OCOC)cc3N3CC4CCC(C3)N4c3ccnc(OCCN4CCN(C(=O)O)C[C@H]4C)c3)cc2)CCC1. The Morgan fingerprint density at radius 1 is 0.909 bits per heavy atom. The van der Waals surface area contributed by atoms with E-state index in [1.54, 1.807) is 44.5 Å². The summed E-state index contributed by atoms with van der Waals surface area (Å²) in [5.41, 5.74) is 7.71. The first-order chi connectivity index (χ1) is 37.2. The van der Waals surface area contributed by atoms with E-state index in [9.17, 15) is 33.9 Å². The zero-order valence-electron chi connectivity index (χ0n) is 43.6. The van der Waals surface area contributed by atoms with Crippen LogP contribution in [0.2, 0.25) is 0 Å². The van der Waals surface area contributed by atoms with Gasteiger partial charge in [0.2, 0.25) is 17.7 Å². The molecule has 0 radical (unpaired) electrons. The molecular weight excluding hydrogens is 997 g/mol. The van der Waals surface area contributed by atoms with Crippen LogP contribution in [0.1, 0.15) is 64.4 Å². The quantitative estimate of drug-likeness (QED) is 0.0252. The van der Waals surface area contributed by atoms with E-state index in [-0.39, 0.29) is 56.9 Å². The van der Waals surface area contributed by atoms with Crippen LogP contribution in [0.15, 0.2) is 72.9 Å². The van der Waals surface area contributed by atoms with Gasteiger partial charge in [0.05, 0.1) is 18.0 Å². The largest absolute Gasteiger partial charge is 0.476 e. The fraction of sp³-hybridized carbons (Fsp3) is 0.491. The molecule has 4 aliphatic rings. The molecule has 0 spiro atoms. The number of para-hydroxylation sites is 1. The summed E-state index contributed by atoms with van der Waals surface area (Å²) < 4.78 is 28.1. The highest BCUT2D eigenvalue weighted by atomic mass is 16.7. The Bertz CT molecular complexity index is 2720. The number of anilines is 4. The molecule has 24 heteroatoms. The number of hydrogen-bond donors (Lipinski definition) is 6. The lowest BCUT2D eigenvalue weighted by molar-refractivity contribution is -0.167. The van der Waals surface area contributed by atoms with Crippen LogP contribution in [0.4, 0.5) is 37.3 Å². The van der Waals surface area contributed by atoms with Gasteiger partial charge in [-0.05, 0) is 94.3 Å². The van der Waals surface area contributed by atoms with Crippen molar-refractivity contribution in [3.8, 4) is 22.9 Å². The lowest BCUT2D eigenvalue weighted by Gasteiger charge is -2.43. The normalized spacial score (nSPS) is 19.0. The molecule has 2 bridgehead atoms. The van der Waals surface area contributed by atoms with Gasteiger partial charge in [0.15, 0.2) is 12.6 Å². The number of benzene rings is 2. The summed E-state index contributed by atoms with van der Waals surface area (Å²) in [6.07, 6.45) is 3.68. The van der Waals surface area contributed by atoms with Crippen molar-refractivity contribution in [3.63, 3.8) is 0 Å². The zero-order chi connectivity index (χ0) is 54.5. The summed E-state index contributed by atoms with van der Waals surface area (Å²) in [6, 6.07) is 18.4. The Balaban J connectivity index is 0.915. The molecule has 3 aliphatic heterocycles. The van der Waals surface area contributed by atoms with E-state index >= 15 is 0 Å². The number of methoxy groups -OCH3 is 1. The summed E-state index contributed by atoms with van der Waals surface area (Å²) in [5.74, 6) is -0.482. The number of nitrogens with one attached hydrogen (secondary N) is 4. The summed E-state index contributed by atoms with van der Waals surface area (Å²) in [5, 5.41) is 29.4. The lowest BCUT2D eigenvalue weighted by Crippen LogP contribution is -2.56. The predicted molar refractivity (Wildman–Crippen MR) is 282 cm³/mol. The van der Waals surface area contributed by atoms with Gasteiger partial charge >= 0.3 is 24.2 Å². The number of nitrogens with two attached hydrogens (primary N) is 1. The number of piperazine rings is 2. The van der Waals surface area contributed by atoms with Crippen LogP contribution in [0.5, 0.6) is 11.6 Å². The molecule has 4 fully saturated rings. The van der Waals surface area contributed by atoms with Crippen LogP contribution in [-0.2, 0) is 35.2 Å². The maximum atomic E-state index is 13.6. The third kappa shape index (κ3) is 13.7. The van der Waals surface area contributed by atoms with Gasteiger partial charge in [-0.2, -0.15) is 0 Å². The van der Waals surface area contributed by atoms with Crippen molar-refractivity contribution in [2.75, 3.05) is 93.4 Å². The van der Waals surface area contributed by atoms with Crippen molar-refractivity contribution in [1.82, 2.24) is 35.6 Å². The second-order valence-corrected chi connectivity index (χ2v) is 19.5. The van der Waals surface area contributed by atoms with Crippen molar-refractivity contribution in [1.29, 1.82) is 0 Å². The summed E-state index contributed by atoms with van der Waals surface area (Å²) in [6.45, 7) is 7.66. The number of carbonyl (C=O) groups is 6. The first-order valence-electron chi connectivity index (χ1n) is 26.0. The van der Waals surface area contributed by atoms with Crippen molar-refractivity contribution < 1.29 is 57.6 Å². The molecule has 2 unspecified atom stereocenters. The molecule has 7 N–H and O–H groups in total. The number of fused-ring (bicyclic) bond motifs is 2. The van der Waals surface area contributed by atoms with Gasteiger partial charge in [0, 0.05) is 100 Å². The second kappa shape index (κ2) is 25.7. The number of primary amides is 1. The molecule has 24 nitrogen and oxygen atoms in total. The van der Waals surface area contributed by atoms with Crippen molar-refractivity contribution >= 4 is 58.9 Å². The highest BCUT2D eigenvalue weighted by Crippen LogP contribution is 2.43. The third-order valence-corrected chi connectivity index (χ3v) is 14.5. The molecule has 6 amide bonds. The van der Waals surface area contributed by atoms with Crippen molar-refractivity contribution in [2.24, 2.45) is 11.1 Å². The van der Waals surface area contributed by atoms with Crippen LogP contribution < -0.4 is 46.3 Å². The molecule has 3 saturated heterocycles. The molecule has 77 heavy (non-hydrogen) atoms. The third-order valence-electron chi connectivity index (χ3n) is 14.5. The fourth-order valence-corrected chi connectivity index (χ4v) is 10.3. The molecule has 2 aromatic heterocycles. The number of hydrogen-bond acceptors (Lipinski definition) is 17. The first kappa shape index (κ1) is 55.2. The van der Waals surface area contributed by atoms with E-state index in [0.717, 1.165) is 18.5 Å². The molecule has 1 aliphatic carbocycles. The van der Waals surface area contributed by atoms with Crippen molar-refractivity contribution in [3.05, 3.63) is 78.5 Å². The molecule has 2 aromatic carbocycles. The van der Waals surface area contributed by atoms with E-state index in [2.05, 4.69) is 51.1 Å². The summed E-state index contributed by atoms with van der Waals surface area (Å²) in [7, 11) is 1.54. The van der Waals surface area contributed by atoms with E-state index in [4.69, 9.17) is 29.4 Å².